The van der Waals surface area contributed by atoms with E-state index < -0.39 is 5.60 Å². The van der Waals surface area contributed by atoms with E-state index >= 15 is 0 Å². The van der Waals surface area contributed by atoms with Crippen molar-refractivity contribution in [3.8, 4) is 0 Å². The van der Waals surface area contributed by atoms with Gasteiger partial charge in [0.1, 0.15) is 5.60 Å². The Morgan fingerprint density at radius 1 is 1.18 bits per heavy atom. The fourth-order valence-corrected chi connectivity index (χ4v) is 3.97. The molecule has 0 aromatic heterocycles. The van der Waals surface area contributed by atoms with Gasteiger partial charge in [0.25, 0.3) is 0 Å². The second-order valence-electron chi connectivity index (χ2n) is 8.84. The Morgan fingerprint density at radius 2 is 1.89 bits per heavy atom. The van der Waals surface area contributed by atoms with Crippen LogP contribution in [0, 0.1) is 5.92 Å². The maximum Gasteiger partial charge on any atom is 0.410 e. The predicted molar refractivity (Wildman–Crippen MR) is 112 cm³/mol. The van der Waals surface area contributed by atoms with Crippen LogP contribution in [0.25, 0.3) is 0 Å². The minimum atomic E-state index is -0.475. The summed E-state index contributed by atoms with van der Waals surface area (Å²) in [6, 6.07) is 6.22. The van der Waals surface area contributed by atoms with Crippen molar-refractivity contribution >= 4 is 23.4 Å². The summed E-state index contributed by atoms with van der Waals surface area (Å²) in [6.45, 7) is 11.1. The molecule has 2 amide bonds. The summed E-state index contributed by atoms with van der Waals surface area (Å²) in [5.74, 6) is 0.358. The van der Waals surface area contributed by atoms with Gasteiger partial charge < -0.3 is 19.9 Å². The number of nitrogens with zero attached hydrogens (tertiary/aromatic N) is 2. The number of amides is 2. The Labute approximate surface area is 168 Å². The lowest BCUT2D eigenvalue weighted by molar-refractivity contribution is -0.117. The molecule has 3 rings (SSSR count). The van der Waals surface area contributed by atoms with Crippen molar-refractivity contribution < 1.29 is 14.3 Å². The van der Waals surface area contributed by atoms with Crippen molar-refractivity contribution in [2.45, 2.75) is 59.0 Å². The van der Waals surface area contributed by atoms with Gasteiger partial charge in [-0.05, 0) is 70.6 Å². The number of fused-ring (bicyclic) bond motifs is 1. The zero-order valence-electron chi connectivity index (χ0n) is 17.6. The van der Waals surface area contributed by atoms with Crippen LogP contribution >= 0.6 is 0 Å². The number of carbonyl (C=O) groups excluding carboxylic acids is 2. The molecule has 1 N–H and O–H groups in total. The Bertz CT molecular complexity index is 718. The largest absolute Gasteiger partial charge is 0.444 e. The first-order valence-corrected chi connectivity index (χ1v) is 10.4. The summed E-state index contributed by atoms with van der Waals surface area (Å²) in [5, 5.41) is 3.06. The van der Waals surface area contributed by atoms with Crippen LogP contribution in [0.15, 0.2) is 18.2 Å². The number of likely N-dealkylation sites (tertiary alicyclic amines) is 1. The van der Waals surface area contributed by atoms with Gasteiger partial charge in [0.2, 0.25) is 5.91 Å². The van der Waals surface area contributed by atoms with E-state index in [1.54, 1.807) is 4.90 Å². The lowest BCUT2D eigenvalue weighted by Gasteiger charge is -2.33. The van der Waals surface area contributed by atoms with Crippen LogP contribution in [0.5, 0.6) is 0 Å². The minimum Gasteiger partial charge on any atom is -0.444 e. The van der Waals surface area contributed by atoms with Gasteiger partial charge in [-0.1, -0.05) is 6.07 Å². The molecule has 6 nitrogen and oxygen atoms in total. The van der Waals surface area contributed by atoms with Gasteiger partial charge in [0.05, 0.1) is 0 Å². The van der Waals surface area contributed by atoms with Crippen LogP contribution in [-0.2, 0) is 16.0 Å². The second-order valence-corrected chi connectivity index (χ2v) is 8.84. The number of piperidine rings is 1. The monoisotopic (exact) mass is 387 g/mol. The first kappa shape index (κ1) is 20.5. The zero-order chi connectivity index (χ0) is 20.3. The molecule has 1 saturated heterocycles. The molecule has 1 aromatic carbocycles. The number of likely N-dealkylation sites (N-methyl/N-ethyl adjacent to an activating group) is 1. The number of hydrogen-bond donors (Lipinski definition) is 1. The highest BCUT2D eigenvalue weighted by Gasteiger charge is 2.28. The quantitative estimate of drug-likeness (QED) is 0.847. The zero-order valence-corrected chi connectivity index (χ0v) is 17.6. The molecule has 0 atom stereocenters. The lowest BCUT2D eigenvalue weighted by atomic mass is 9.93. The average molecular weight is 388 g/mol. The van der Waals surface area contributed by atoms with E-state index in [-0.39, 0.29) is 12.0 Å². The van der Waals surface area contributed by atoms with E-state index in [0.29, 0.717) is 25.4 Å². The molecule has 2 heterocycles. The van der Waals surface area contributed by atoms with E-state index in [2.05, 4.69) is 29.3 Å². The summed E-state index contributed by atoms with van der Waals surface area (Å²) in [7, 11) is 0. The average Bonchev–Trinajstić information content (AvgIpc) is 3.03. The van der Waals surface area contributed by atoms with Crippen molar-refractivity contribution in [3.63, 3.8) is 0 Å². The Kier molecular flexibility index (Phi) is 6.16. The maximum absolute atomic E-state index is 12.5. The van der Waals surface area contributed by atoms with E-state index in [9.17, 15) is 9.59 Å². The van der Waals surface area contributed by atoms with E-state index in [1.807, 2.05) is 26.8 Å². The number of ether oxygens (including phenoxy) is 1. The second kappa shape index (κ2) is 8.41. The number of rotatable bonds is 4. The molecule has 0 spiro atoms. The lowest BCUT2D eigenvalue weighted by Crippen LogP contribution is -2.42. The number of hydrogen-bond acceptors (Lipinski definition) is 4. The van der Waals surface area contributed by atoms with Crippen molar-refractivity contribution in [1.82, 2.24) is 4.90 Å². The molecule has 0 radical (unpaired) electrons. The summed E-state index contributed by atoms with van der Waals surface area (Å²) in [5.41, 5.74) is 2.99. The molecular weight excluding hydrogens is 354 g/mol. The molecule has 1 aromatic rings. The fraction of sp³-hybridized carbons (Fsp3) is 0.636. The van der Waals surface area contributed by atoms with Crippen LogP contribution in [0.1, 0.15) is 52.5 Å². The normalized spacial score (nSPS) is 17.4. The Hall–Kier alpha value is -2.24. The van der Waals surface area contributed by atoms with Gasteiger partial charge in [0, 0.05) is 44.0 Å². The van der Waals surface area contributed by atoms with Crippen LogP contribution in [-0.4, -0.2) is 48.7 Å². The summed E-state index contributed by atoms with van der Waals surface area (Å²) in [4.78, 5) is 28.7. The molecular formula is C22H33N3O3. The Balaban J connectivity index is 1.47. The van der Waals surface area contributed by atoms with Gasteiger partial charge in [-0.2, -0.15) is 0 Å². The number of carbonyl (C=O) groups is 2. The molecule has 0 saturated carbocycles. The maximum atomic E-state index is 12.5. The smallest absolute Gasteiger partial charge is 0.410 e. The third-order valence-corrected chi connectivity index (χ3v) is 5.48. The first-order chi connectivity index (χ1) is 13.2. The van der Waals surface area contributed by atoms with Gasteiger partial charge in [-0.15, -0.1) is 0 Å². The van der Waals surface area contributed by atoms with Crippen molar-refractivity contribution in [3.05, 3.63) is 23.8 Å². The third-order valence-electron chi connectivity index (χ3n) is 5.48. The van der Waals surface area contributed by atoms with Crippen LogP contribution in [0.4, 0.5) is 16.2 Å². The number of benzene rings is 1. The summed E-state index contributed by atoms with van der Waals surface area (Å²) in [6.07, 6.45) is 2.99. The van der Waals surface area contributed by atoms with E-state index in [1.165, 1.54) is 11.3 Å². The summed E-state index contributed by atoms with van der Waals surface area (Å²) >= 11 is 0. The molecule has 2 aliphatic rings. The van der Waals surface area contributed by atoms with Crippen LogP contribution < -0.4 is 10.2 Å². The highest BCUT2D eigenvalue weighted by Crippen LogP contribution is 2.31. The molecule has 1 fully saturated rings. The Morgan fingerprint density at radius 3 is 2.54 bits per heavy atom. The highest BCUT2D eigenvalue weighted by molar-refractivity contribution is 5.91. The summed E-state index contributed by atoms with van der Waals surface area (Å²) < 4.78 is 5.43. The van der Waals surface area contributed by atoms with Crippen LogP contribution in [0.3, 0.4) is 0 Å². The topological polar surface area (TPSA) is 61.9 Å². The molecule has 154 valence electrons. The molecule has 2 aliphatic heterocycles. The van der Waals surface area contributed by atoms with Gasteiger partial charge in [0.15, 0.2) is 0 Å². The minimum absolute atomic E-state index is 0.0525. The highest BCUT2D eigenvalue weighted by atomic mass is 16.6. The molecule has 0 aliphatic carbocycles. The van der Waals surface area contributed by atoms with Gasteiger partial charge in [-0.25, -0.2) is 4.79 Å². The van der Waals surface area contributed by atoms with Crippen molar-refractivity contribution in [1.29, 1.82) is 0 Å². The number of anilines is 2. The fourth-order valence-electron chi connectivity index (χ4n) is 3.97. The molecule has 28 heavy (non-hydrogen) atoms. The SMILES string of the molecule is CCN1CCc2ccc(NC(=O)CC3CCN(C(=O)OC(C)(C)C)CC3)cc21. The van der Waals surface area contributed by atoms with Crippen molar-refractivity contribution in [2.24, 2.45) is 5.92 Å². The van der Waals surface area contributed by atoms with Crippen molar-refractivity contribution in [2.75, 3.05) is 36.4 Å². The molecule has 0 bridgehead atoms. The first-order valence-electron chi connectivity index (χ1n) is 10.4. The third kappa shape index (κ3) is 5.18. The van der Waals surface area contributed by atoms with E-state index in [0.717, 1.165) is 38.0 Å². The molecule has 0 unspecified atom stereocenters. The predicted octanol–water partition coefficient (Wildman–Crippen LogP) is 4.04. The molecule has 6 heteroatoms. The van der Waals surface area contributed by atoms with E-state index in [4.69, 9.17) is 4.74 Å². The van der Waals surface area contributed by atoms with Gasteiger partial charge >= 0.3 is 6.09 Å². The van der Waals surface area contributed by atoms with Gasteiger partial charge in [-0.3, -0.25) is 4.79 Å². The van der Waals surface area contributed by atoms with Crippen LogP contribution in [0.2, 0.25) is 0 Å². The standard InChI is InChI=1S/C22H33N3O3/c1-5-24-13-10-17-6-7-18(15-19(17)24)23-20(26)14-16-8-11-25(12-9-16)21(27)28-22(2,3)4/h6-7,15-16H,5,8-14H2,1-4H3,(H,23,26). The number of nitrogens with one attached hydrogen (secondary N) is 1.